The number of nitrogen functional groups attached to an aromatic ring is 1. The van der Waals surface area contributed by atoms with Gasteiger partial charge >= 0.3 is 0 Å². The number of hydrogen-bond acceptors (Lipinski definition) is 2. The van der Waals surface area contributed by atoms with Gasteiger partial charge in [0.25, 0.3) is 0 Å². The van der Waals surface area contributed by atoms with E-state index in [1.807, 2.05) is 22.6 Å². The summed E-state index contributed by atoms with van der Waals surface area (Å²) < 4.78 is 0.745. The molecular weight excluding hydrogens is 250 g/mol. The Hall–Kier alpha value is -0.0300. The van der Waals surface area contributed by atoms with Gasteiger partial charge in [-0.25, -0.2) is 4.98 Å². The van der Waals surface area contributed by atoms with E-state index < -0.39 is 0 Å². The van der Waals surface area contributed by atoms with Gasteiger partial charge in [-0.1, -0.05) is 11.6 Å². The van der Waals surface area contributed by atoms with Crippen LogP contribution in [0.1, 0.15) is 0 Å². The number of nitrogens with two attached hydrogens (primary N) is 1. The average molecular weight is 254 g/mol. The normalized spacial score (nSPS) is 9.56. The quantitative estimate of drug-likeness (QED) is 0.567. The maximum atomic E-state index is 5.66. The largest absolute Gasteiger partial charge is 0.384 e. The number of hydrogen-bond donors (Lipinski definition) is 1. The number of rotatable bonds is 0. The van der Waals surface area contributed by atoms with Crippen LogP contribution in [0.4, 0.5) is 5.82 Å². The lowest BCUT2D eigenvalue weighted by atomic mass is 10.5. The molecule has 0 radical (unpaired) electrons. The van der Waals surface area contributed by atoms with Crippen LogP contribution in [0.3, 0.4) is 0 Å². The van der Waals surface area contributed by atoms with Gasteiger partial charge in [0, 0.05) is 0 Å². The van der Waals surface area contributed by atoms with E-state index in [1.54, 1.807) is 12.1 Å². The molecule has 0 saturated heterocycles. The Morgan fingerprint density at radius 2 is 2.22 bits per heavy atom. The molecule has 0 saturated carbocycles. The molecule has 1 aromatic rings. The van der Waals surface area contributed by atoms with Crippen LogP contribution in [-0.4, -0.2) is 4.98 Å². The molecule has 0 aliphatic carbocycles. The standard InChI is InChI=1S/C5H4ClIN2/c6-3-1-2-4(8)9-5(3)7/h1-2H,(H2,8,9). The lowest BCUT2D eigenvalue weighted by Gasteiger charge is -1.93. The third kappa shape index (κ3) is 1.69. The van der Waals surface area contributed by atoms with Crippen molar-refractivity contribution in [1.82, 2.24) is 4.98 Å². The Morgan fingerprint density at radius 3 is 2.67 bits per heavy atom. The fraction of sp³-hybridized carbons (Fsp3) is 0. The van der Waals surface area contributed by atoms with Gasteiger partial charge in [0.1, 0.15) is 9.52 Å². The van der Waals surface area contributed by atoms with E-state index in [1.165, 1.54) is 0 Å². The zero-order valence-corrected chi connectivity index (χ0v) is 7.35. The van der Waals surface area contributed by atoms with Crippen molar-refractivity contribution in [2.75, 3.05) is 5.73 Å². The Balaban J connectivity index is 3.17. The summed E-state index contributed by atoms with van der Waals surface area (Å²) in [5, 5.41) is 0.643. The van der Waals surface area contributed by atoms with E-state index in [0.717, 1.165) is 3.70 Å². The molecule has 0 aliphatic heterocycles. The molecule has 0 aromatic carbocycles. The van der Waals surface area contributed by atoms with Crippen molar-refractivity contribution in [1.29, 1.82) is 0 Å². The smallest absolute Gasteiger partial charge is 0.124 e. The average Bonchev–Trinajstić information content (AvgIpc) is 1.80. The monoisotopic (exact) mass is 254 g/mol. The van der Waals surface area contributed by atoms with Crippen molar-refractivity contribution < 1.29 is 0 Å². The summed E-state index contributed by atoms with van der Waals surface area (Å²) in [6, 6.07) is 3.40. The van der Waals surface area contributed by atoms with Gasteiger partial charge in [-0.05, 0) is 34.7 Å². The van der Waals surface area contributed by atoms with Crippen molar-refractivity contribution in [2.45, 2.75) is 0 Å². The van der Waals surface area contributed by atoms with Gasteiger partial charge in [0.05, 0.1) is 5.02 Å². The Kier molecular flexibility index (Phi) is 2.13. The maximum absolute atomic E-state index is 5.66. The minimum Gasteiger partial charge on any atom is -0.384 e. The molecule has 2 N–H and O–H groups in total. The fourth-order valence-electron chi connectivity index (χ4n) is 0.431. The number of halogens is 2. The molecule has 4 heteroatoms. The van der Waals surface area contributed by atoms with Crippen LogP contribution in [0.15, 0.2) is 12.1 Å². The van der Waals surface area contributed by atoms with Crippen molar-refractivity contribution in [3.8, 4) is 0 Å². The van der Waals surface area contributed by atoms with E-state index in [-0.39, 0.29) is 0 Å². The summed E-state index contributed by atoms with van der Waals surface area (Å²) in [6.45, 7) is 0. The minimum atomic E-state index is 0.504. The number of anilines is 1. The second kappa shape index (κ2) is 2.70. The molecule has 9 heavy (non-hydrogen) atoms. The molecule has 0 spiro atoms. The molecule has 48 valence electrons. The molecule has 1 heterocycles. The fourth-order valence-corrected chi connectivity index (χ4v) is 0.995. The maximum Gasteiger partial charge on any atom is 0.124 e. The first-order chi connectivity index (χ1) is 4.20. The summed E-state index contributed by atoms with van der Waals surface area (Å²) in [7, 11) is 0. The molecule has 1 rings (SSSR count). The van der Waals surface area contributed by atoms with Gasteiger partial charge in [-0.2, -0.15) is 0 Å². The van der Waals surface area contributed by atoms with Gasteiger partial charge in [0.2, 0.25) is 0 Å². The van der Waals surface area contributed by atoms with Crippen LogP contribution in [0.5, 0.6) is 0 Å². The van der Waals surface area contributed by atoms with Crippen molar-refractivity contribution in [3.63, 3.8) is 0 Å². The number of aromatic nitrogens is 1. The predicted octanol–water partition coefficient (Wildman–Crippen LogP) is 1.92. The topological polar surface area (TPSA) is 38.9 Å². The molecule has 1 aromatic heterocycles. The van der Waals surface area contributed by atoms with Gasteiger partial charge < -0.3 is 5.73 Å². The summed E-state index contributed by atoms with van der Waals surface area (Å²) in [5.74, 6) is 0.504. The van der Waals surface area contributed by atoms with Crippen molar-refractivity contribution in [3.05, 3.63) is 20.9 Å². The summed E-state index contributed by atoms with van der Waals surface area (Å²) in [5.41, 5.74) is 5.35. The molecule has 0 atom stereocenters. The Bertz CT molecular complexity index is 226. The predicted molar refractivity (Wildman–Crippen MR) is 46.4 cm³/mol. The summed E-state index contributed by atoms with van der Waals surface area (Å²) in [4.78, 5) is 3.91. The van der Waals surface area contributed by atoms with E-state index in [2.05, 4.69) is 4.98 Å². The van der Waals surface area contributed by atoms with E-state index >= 15 is 0 Å². The molecule has 0 unspecified atom stereocenters. The third-order valence-corrected chi connectivity index (χ3v) is 2.27. The number of nitrogens with zero attached hydrogens (tertiary/aromatic N) is 1. The first-order valence-corrected chi connectivity index (χ1v) is 3.73. The Labute approximate surface area is 71.6 Å². The zero-order valence-electron chi connectivity index (χ0n) is 4.44. The zero-order chi connectivity index (χ0) is 6.85. The van der Waals surface area contributed by atoms with Crippen LogP contribution in [0.2, 0.25) is 5.02 Å². The summed E-state index contributed by atoms with van der Waals surface area (Å²) in [6.07, 6.45) is 0. The first-order valence-electron chi connectivity index (χ1n) is 2.27. The highest BCUT2D eigenvalue weighted by molar-refractivity contribution is 14.1. The SMILES string of the molecule is Nc1ccc(Cl)c(I)n1. The highest BCUT2D eigenvalue weighted by atomic mass is 127. The van der Waals surface area contributed by atoms with E-state index in [4.69, 9.17) is 17.3 Å². The van der Waals surface area contributed by atoms with Gasteiger partial charge in [0.15, 0.2) is 0 Å². The minimum absolute atomic E-state index is 0.504. The van der Waals surface area contributed by atoms with Crippen LogP contribution in [0.25, 0.3) is 0 Å². The van der Waals surface area contributed by atoms with Crippen LogP contribution >= 0.6 is 34.2 Å². The highest BCUT2D eigenvalue weighted by Crippen LogP contribution is 2.16. The molecule has 0 amide bonds. The van der Waals surface area contributed by atoms with Crippen molar-refractivity contribution >= 4 is 40.0 Å². The molecule has 0 aliphatic rings. The first kappa shape index (κ1) is 7.08. The third-order valence-electron chi connectivity index (χ3n) is 0.825. The lowest BCUT2D eigenvalue weighted by molar-refractivity contribution is 1.28. The van der Waals surface area contributed by atoms with E-state index in [0.29, 0.717) is 10.8 Å². The van der Waals surface area contributed by atoms with Crippen LogP contribution in [0, 0.1) is 3.70 Å². The highest BCUT2D eigenvalue weighted by Gasteiger charge is 1.95. The van der Waals surface area contributed by atoms with Crippen molar-refractivity contribution in [2.24, 2.45) is 0 Å². The van der Waals surface area contributed by atoms with Crippen LogP contribution < -0.4 is 5.73 Å². The van der Waals surface area contributed by atoms with E-state index in [9.17, 15) is 0 Å². The summed E-state index contributed by atoms with van der Waals surface area (Å²) >= 11 is 7.68. The van der Waals surface area contributed by atoms with Crippen LogP contribution in [-0.2, 0) is 0 Å². The molecule has 0 fully saturated rings. The lowest BCUT2D eigenvalue weighted by Crippen LogP contribution is -1.90. The molecular formula is C5H4ClIN2. The molecule has 0 bridgehead atoms. The number of pyridine rings is 1. The van der Waals surface area contributed by atoms with Gasteiger partial charge in [-0.3, -0.25) is 0 Å². The second-order valence-corrected chi connectivity index (χ2v) is 2.94. The Morgan fingerprint density at radius 1 is 1.56 bits per heavy atom. The second-order valence-electron chi connectivity index (χ2n) is 1.51. The van der Waals surface area contributed by atoms with Gasteiger partial charge in [-0.15, -0.1) is 0 Å². The molecule has 2 nitrogen and oxygen atoms in total.